The molecule has 0 aliphatic carbocycles. The van der Waals surface area contributed by atoms with Gasteiger partial charge in [0.2, 0.25) is 0 Å². The van der Waals surface area contributed by atoms with Crippen LogP contribution >= 0.6 is 15.8 Å². The minimum Gasteiger partial charge on any atom is -0.493 e. The summed E-state index contributed by atoms with van der Waals surface area (Å²) in [6.07, 6.45) is 0. The van der Waals surface area contributed by atoms with Crippen LogP contribution in [0.5, 0.6) is 11.5 Å². The standard InChI is InChI=1S/C40H36O2P2/c1-3-41-35-27-17-29-37(43(31-19-9-5-10-20-31)32-21-11-6-12-22-32)39(35)40-36(42-4-2)28-18-30-38(40)44(33-23-13-7-14-24-33)34-25-15-8-16-26-34/h5-30H,3-4H2,1-2H3. The predicted molar refractivity (Wildman–Crippen MR) is 192 cm³/mol. The maximum Gasteiger partial charge on any atom is 0.127 e. The van der Waals surface area contributed by atoms with E-state index in [-0.39, 0.29) is 0 Å². The van der Waals surface area contributed by atoms with E-state index in [0.717, 1.165) is 22.6 Å². The molecule has 2 nitrogen and oxygen atoms in total. The zero-order valence-corrected chi connectivity index (χ0v) is 26.9. The first-order valence-electron chi connectivity index (χ1n) is 15.1. The smallest absolute Gasteiger partial charge is 0.127 e. The lowest BCUT2D eigenvalue weighted by atomic mass is 10.0. The second-order valence-electron chi connectivity index (χ2n) is 10.2. The zero-order valence-electron chi connectivity index (χ0n) is 25.1. The summed E-state index contributed by atoms with van der Waals surface area (Å²) in [5.41, 5.74) is 2.23. The number of hydrogen-bond acceptors (Lipinski definition) is 2. The molecule has 218 valence electrons. The van der Waals surface area contributed by atoms with Crippen molar-refractivity contribution in [1.82, 2.24) is 0 Å². The highest BCUT2D eigenvalue weighted by Crippen LogP contribution is 2.47. The van der Waals surface area contributed by atoms with Gasteiger partial charge in [-0.05, 0) is 73.7 Å². The Morgan fingerprint density at radius 1 is 0.364 bits per heavy atom. The van der Waals surface area contributed by atoms with Crippen LogP contribution in [0.15, 0.2) is 158 Å². The summed E-state index contributed by atoms with van der Waals surface area (Å²) in [5.74, 6) is 1.77. The van der Waals surface area contributed by atoms with Crippen molar-refractivity contribution >= 4 is 47.7 Å². The first-order valence-corrected chi connectivity index (χ1v) is 17.8. The molecule has 6 aromatic rings. The average molecular weight is 611 g/mol. The molecule has 0 saturated heterocycles. The second kappa shape index (κ2) is 14.5. The van der Waals surface area contributed by atoms with Crippen LogP contribution in [0.3, 0.4) is 0 Å². The number of hydrogen-bond donors (Lipinski definition) is 0. The van der Waals surface area contributed by atoms with Gasteiger partial charge in [0, 0.05) is 11.1 Å². The Morgan fingerprint density at radius 3 is 0.932 bits per heavy atom. The van der Waals surface area contributed by atoms with Crippen LogP contribution in [0.25, 0.3) is 11.1 Å². The van der Waals surface area contributed by atoms with Gasteiger partial charge >= 0.3 is 0 Å². The van der Waals surface area contributed by atoms with Crippen molar-refractivity contribution in [1.29, 1.82) is 0 Å². The minimum absolute atomic E-state index is 0.573. The first kappa shape index (κ1) is 29.8. The van der Waals surface area contributed by atoms with E-state index < -0.39 is 15.8 Å². The number of benzene rings is 6. The van der Waals surface area contributed by atoms with Gasteiger partial charge in [-0.2, -0.15) is 0 Å². The van der Waals surface area contributed by atoms with E-state index in [2.05, 4.69) is 172 Å². The molecular weight excluding hydrogens is 574 g/mol. The van der Waals surface area contributed by atoms with E-state index in [1.165, 1.54) is 31.8 Å². The maximum atomic E-state index is 6.50. The van der Waals surface area contributed by atoms with Crippen molar-refractivity contribution in [3.63, 3.8) is 0 Å². The van der Waals surface area contributed by atoms with E-state index in [9.17, 15) is 0 Å². The monoisotopic (exact) mass is 610 g/mol. The van der Waals surface area contributed by atoms with E-state index >= 15 is 0 Å². The van der Waals surface area contributed by atoms with Crippen LogP contribution in [-0.4, -0.2) is 13.2 Å². The molecule has 0 amide bonds. The third-order valence-corrected chi connectivity index (χ3v) is 12.4. The Kier molecular flexibility index (Phi) is 9.83. The Bertz CT molecular complexity index is 1560. The highest BCUT2D eigenvalue weighted by molar-refractivity contribution is 7.80. The van der Waals surface area contributed by atoms with Gasteiger partial charge in [-0.3, -0.25) is 0 Å². The van der Waals surface area contributed by atoms with Crippen molar-refractivity contribution in [3.8, 4) is 22.6 Å². The van der Waals surface area contributed by atoms with Gasteiger partial charge in [0.25, 0.3) is 0 Å². The Morgan fingerprint density at radius 2 is 0.659 bits per heavy atom. The Hall–Kier alpha value is -4.22. The lowest BCUT2D eigenvalue weighted by molar-refractivity contribution is 0.337. The van der Waals surface area contributed by atoms with Gasteiger partial charge in [-0.15, -0.1) is 0 Å². The molecule has 0 atom stereocenters. The van der Waals surface area contributed by atoms with Gasteiger partial charge in [0.1, 0.15) is 11.5 Å². The van der Waals surface area contributed by atoms with Crippen molar-refractivity contribution in [2.45, 2.75) is 13.8 Å². The summed E-state index contributed by atoms with van der Waals surface area (Å²) in [7, 11) is -1.82. The molecule has 0 aliphatic heterocycles. The molecule has 44 heavy (non-hydrogen) atoms. The van der Waals surface area contributed by atoms with Gasteiger partial charge in [-0.1, -0.05) is 146 Å². The van der Waals surface area contributed by atoms with Crippen molar-refractivity contribution in [2.24, 2.45) is 0 Å². The predicted octanol–water partition coefficient (Wildman–Crippen LogP) is 7.67. The first-order chi connectivity index (χ1) is 21.8. The van der Waals surface area contributed by atoms with Crippen LogP contribution in [0, 0.1) is 0 Å². The van der Waals surface area contributed by atoms with Gasteiger partial charge < -0.3 is 9.47 Å². The largest absolute Gasteiger partial charge is 0.493 e. The molecule has 0 aromatic heterocycles. The van der Waals surface area contributed by atoms with Crippen molar-refractivity contribution < 1.29 is 9.47 Å². The molecule has 0 saturated carbocycles. The maximum absolute atomic E-state index is 6.50. The molecule has 0 heterocycles. The molecule has 0 spiro atoms. The molecule has 0 aliphatic rings. The Balaban J connectivity index is 1.70. The third-order valence-electron chi connectivity index (χ3n) is 7.40. The van der Waals surface area contributed by atoms with E-state index in [1.54, 1.807) is 0 Å². The molecule has 0 bridgehead atoms. The fraction of sp³-hybridized carbons (Fsp3) is 0.100. The Labute approximate surface area is 263 Å². The summed E-state index contributed by atoms with van der Waals surface area (Å²) >= 11 is 0. The molecular formula is C40H36O2P2. The average Bonchev–Trinajstić information content (AvgIpc) is 3.08. The second-order valence-corrected chi connectivity index (χ2v) is 14.6. The van der Waals surface area contributed by atoms with E-state index in [4.69, 9.17) is 9.47 Å². The number of rotatable bonds is 11. The van der Waals surface area contributed by atoms with Gasteiger partial charge in [0.15, 0.2) is 0 Å². The van der Waals surface area contributed by atoms with Gasteiger partial charge in [0.05, 0.1) is 13.2 Å². The molecule has 0 fully saturated rings. The zero-order chi connectivity index (χ0) is 30.1. The lowest BCUT2D eigenvalue weighted by Gasteiger charge is -2.28. The van der Waals surface area contributed by atoms with Crippen molar-refractivity contribution in [3.05, 3.63) is 158 Å². The van der Waals surface area contributed by atoms with Crippen LogP contribution in [0.2, 0.25) is 0 Å². The summed E-state index contributed by atoms with van der Waals surface area (Å²) in [4.78, 5) is 0. The fourth-order valence-corrected chi connectivity index (χ4v) is 10.6. The van der Waals surface area contributed by atoms with E-state index in [1.807, 2.05) is 0 Å². The third kappa shape index (κ3) is 6.34. The SMILES string of the molecule is CCOc1cccc(P(c2ccccc2)c2ccccc2)c1-c1c(OCC)cccc1P(c1ccccc1)c1ccccc1. The van der Waals surface area contributed by atoms with Crippen molar-refractivity contribution in [2.75, 3.05) is 13.2 Å². The fourth-order valence-electron chi connectivity index (χ4n) is 5.63. The van der Waals surface area contributed by atoms with E-state index in [0.29, 0.717) is 13.2 Å². The highest BCUT2D eigenvalue weighted by Gasteiger charge is 2.29. The van der Waals surface area contributed by atoms with Gasteiger partial charge in [-0.25, -0.2) is 0 Å². The van der Waals surface area contributed by atoms with Crippen LogP contribution in [0.1, 0.15) is 13.8 Å². The minimum atomic E-state index is -0.908. The summed E-state index contributed by atoms with van der Waals surface area (Å²) in [5, 5.41) is 7.71. The molecule has 4 heteroatoms. The van der Waals surface area contributed by atoms with Crippen LogP contribution < -0.4 is 41.3 Å². The molecule has 6 rings (SSSR count). The summed E-state index contributed by atoms with van der Waals surface area (Å²) in [6, 6.07) is 56.7. The molecule has 6 aromatic carbocycles. The normalized spacial score (nSPS) is 11.1. The molecule has 0 unspecified atom stereocenters. The summed E-state index contributed by atoms with van der Waals surface area (Å²) < 4.78 is 13.0. The van der Waals surface area contributed by atoms with Crippen LogP contribution in [-0.2, 0) is 0 Å². The highest BCUT2D eigenvalue weighted by atomic mass is 31.1. The molecule has 0 radical (unpaired) electrons. The van der Waals surface area contributed by atoms with Crippen LogP contribution in [0.4, 0.5) is 0 Å². The lowest BCUT2D eigenvalue weighted by Crippen LogP contribution is -2.26. The quantitative estimate of drug-likeness (QED) is 0.140. The summed E-state index contributed by atoms with van der Waals surface area (Å²) in [6.45, 7) is 5.26. The number of ether oxygens (including phenoxy) is 2. The topological polar surface area (TPSA) is 18.5 Å². The molecule has 0 N–H and O–H groups in total.